The van der Waals surface area contributed by atoms with Crippen molar-refractivity contribution < 1.29 is 18.3 Å². The molecule has 0 amide bonds. The number of rotatable bonds is 8. The van der Waals surface area contributed by atoms with Crippen LogP contribution in [-0.4, -0.2) is 20.1 Å². The topological polar surface area (TPSA) is 50.9 Å². The first-order valence-electron chi connectivity index (χ1n) is 12.7. The van der Waals surface area contributed by atoms with E-state index in [0.717, 1.165) is 48.9 Å². The summed E-state index contributed by atoms with van der Waals surface area (Å²) in [5, 5.41) is 20.4. The van der Waals surface area contributed by atoms with Crippen molar-refractivity contribution >= 4 is 11.0 Å². The van der Waals surface area contributed by atoms with Gasteiger partial charge in [0.2, 0.25) is 0 Å². The first-order valence-corrected chi connectivity index (χ1v) is 12.7. The van der Waals surface area contributed by atoms with E-state index in [1.54, 1.807) is 0 Å². The number of halogens is 3. The van der Waals surface area contributed by atoms with Gasteiger partial charge in [-0.1, -0.05) is 90.3 Å². The Hall–Kier alpha value is -3.35. The summed E-state index contributed by atoms with van der Waals surface area (Å²) in [5.74, 6) is 0.0123. The van der Waals surface area contributed by atoms with Gasteiger partial charge in [-0.15, -0.1) is 15.0 Å². The van der Waals surface area contributed by atoms with Crippen molar-refractivity contribution in [2.45, 2.75) is 77.3 Å². The summed E-state index contributed by atoms with van der Waals surface area (Å²) in [7, 11) is 0. The number of unbranched alkanes of at least 4 members (excludes halogenated alkanes) is 2. The van der Waals surface area contributed by atoms with E-state index < -0.39 is 17.2 Å². The van der Waals surface area contributed by atoms with Crippen LogP contribution in [0.15, 0.2) is 60.7 Å². The van der Waals surface area contributed by atoms with Crippen molar-refractivity contribution in [3.63, 3.8) is 0 Å². The average Bonchev–Trinajstić information content (AvgIpc) is 3.27. The molecular formula is C30H34F3N3O. The Balaban J connectivity index is 1.91. The molecule has 0 bridgehead atoms. The Morgan fingerprint density at radius 2 is 1.46 bits per heavy atom. The molecule has 4 aromatic rings. The van der Waals surface area contributed by atoms with Crippen molar-refractivity contribution in [3.05, 3.63) is 82.9 Å². The highest BCUT2D eigenvalue weighted by Gasteiger charge is 2.33. The lowest BCUT2D eigenvalue weighted by atomic mass is 9.73. The van der Waals surface area contributed by atoms with E-state index in [0.29, 0.717) is 16.8 Å². The van der Waals surface area contributed by atoms with Crippen LogP contribution in [0.2, 0.25) is 0 Å². The Labute approximate surface area is 216 Å². The van der Waals surface area contributed by atoms with Gasteiger partial charge in [-0.05, 0) is 47.2 Å². The monoisotopic (exact) mass is 509 g/mol. The maximum absolute atomic E-state index is 13.3. The van der Waals surface area contributed by atoms with Crippen LogP contribution in [0.5, 0.6) is 5.75 Å². The second-order valence-electron chi connectivity index (χ2n) is 10.9. The van der Waals surface area contributed by atoms with Crippen LogP contribution < -0.4 is 0 Å². The highest BCUT2D eigenvalue weighted by Crippen LogP contribution is 2.43. The van der Waals surface area contributed by atoms with E-state index >= 15 is 0 Å². The van der Waals surface area contributed by atoms with Crippen molar-refractivity contribution in [1.82, 2.24) is 15.0 Å². The molecule has 4 nitrogen and oxygen atoms in total. The van der Waals surface area contributed by atoms with Gasteiger partial charge in [0.25, 0.3) is 0 Å². The van der Waals surface area contributed by atoms with Gasteiger partial charge in [0.15, 0.2) is 0 Å². The quantitative estimate of drug-likeness (QED) is 0.243. The summed E-state index contributed by atoms with van der Waals surface area (Å²) >= 11 is 0. The highest BCUT2D eigenvalue weighted by atomic mass is 19.4. The minimum atomic E-state index is -4.48. The molecule has 0 unspecified atom stereocenters. The Morgan fingerprint density at radius 3 is 2.11 bits per heavy atom. The van der Waals surface area contributed by atoms with Crippen LogP contribution in [0.1, 0.15) is 82.6 Å². The zero-order chi connectivity index (χ0) is 27.0. The Bertz CT molecular complexity index is 1390. The van der Waals surface area contributed by atoms with E-state index in [9.17, 15) is 18.3 Å². The molecule has 0 fully saturated rings. The molecule has 0 aliphatic heterocycles. The molecule has 0 aliphatic rings. The fourth-order valence-corrected chi connectivity index (χ4v) is 4.81. The van der Waals surface area contributed by atoms with Crippen LogP contribution in [0.25, 0.3) is 16.7 Å². The third-order valence-electron chi connectivity index (χ3n) is 7.37. The lowest BCUT2D eigenvalue weighted by Gasteiger charge is -2.32. The number of aromatic nitrogens is 3. The van der Waals surface area contributed by atoms with Crippen LogP contribution in [0.3, 0.4) is 0 Å². The summed E-state index contributed by atoms with van der Waals surface area (Å²) in [6.45, 7) is 10.6. The summed E-state index contributed by atoms with van der Waals surface area (Å²) in [6.07, 6.45) is -0.201. The molecule has 4 rings (SSSR count). The smallest absolute Gasteiger partial charge is 0.416 e. The fraction of sp³-hybridized carbons (Fsp3) is 0.400. The first-order chi connectivity index (χ1) is 17.3. The van der Waals surface area contributed by atoms with Crippen LogP contribution in [-0.2, 0) is 17.0 Å². The SMILES string of the molecule is CCCCCC(C)(C)c1cc(-n2nc3ccc(C(F)(F)F)cc3n2)c(O)c(C(C)(C)c2ccccc2)c1. The molecule has 0 atom stereocenters. The molecule has 0 radical (unpaired) electrons. The van der Waals surface area contributed by atoms with E-state index in [-0.39, 0.29) is 16.7 Å². The number of hydrogen-bond acceptors (Lipinski definition) is 3. The molecular weight excluding hydrogens is 475 g/mol. The second-order valence-corrected chi connectivity index (χ2v) is 10.9. The molecule has 1 heterocycles. The zero-order valence-corrected chi connectivity index (χ0v) is 22.0. The number of fused-ring (bicyclic) bond motifs is 1. The molecule has 0 spiro atoms. The fourth-order valence-electron chi connectivity index (χ4n) is 4.81. The second kappa shape index (κ2) is 9.84. The average molecular weight is 510 g/mol. The lowest BCUT2D eigenvalue weighted by molar-refractivity contribution is -0.137. The molecule has 3 aromatic carbocycles. The van der Waals surface area contributed by atoms with Crippen molar-refractivity contribution in [1.29, 1.82) is 0 Å². The van der Waals surface area contributed by atoms with E-state index in [4.69, 9.17) is 0 Å². The number of hydrogen-bond donors (Lipinski definition) is 1. The number of alkyl halides is 3. The van der Waals surface area contributed by atoms with Crippen LogP contribution in [0, 0.1) is 0 Å². The van der Waals surface area contributed by atoms with Crippen molar-refractivity contribution in [3.8, 4) is 11.4 Å². The molecule has 1 aromatic heterocycles. The summed E-state index contributed by atoms with van der Waals surface area (Å²) in [6, 6.07) is 17.2. The maximum Gasteiger partial charge on any atom is 0.416 e. The van der Waals surface area contributed by atoms with Gasteiger partial charge >= 0.3 is 6.18 Å². The predicted molar refractivity (Wildman–Crippen MR) is 141 cm³/mol. The van der Waals surface area contributed by atoms with Gasteiger partial charge in [-0.25, -0.2) is 0 Å². The zero-order valence-electron chi connectivity index (χ0n) is 22.0. The molecule has 0 aliphatic carbocycles. The predicted octanol–water partition coefficient (Wildman–Crippen LogP) is 8.33. The summed E-state index contributed by atoms with van der Waals surface area (Å²) in [4.78, 5) is 1.26. The van der Waals surface area contributed by atoms with Crippen molar-refractivity contribution in [2.75, 3.05) is 0 Å². The molecule has 1 N–H and O–H groups in total. The van der Waals surface area contributed by atoms with Gasteiger partial charge in [0, 0.05) is 11.0 Å². The number of benzene rings is 3. The third-order valence-corrected chi connectivity index (χ3v) is 7.37. The van der Waals surface area contributed by atoms with Gasteiger partial charge in [0.05, 0.1) is 5.56 Å². The number of phenolic OH excluding ortho intramolecular Hbond substituents is 1. The Morgan fingerprint density at radius 1 is 0.784 bits per heavy atom. The number of nitrogens with zero attached hydrogens (tertiary/aromatic N) is 3. The molecule has 37 heavy (non-hydrogen) atoms. The standard InChI is InChI=1S/C30H34F3N3O/c1-6-7-11-16-28(2,3)22-17-23(29(4,5)20-12-9-8-10-13-20)27(37)26(19-22)36-34-24-15-14-21(30(31,32)33)18-25(24)35-36/h8-10,12-15,17-19,37H,6-7,11,16H2,1-5H3. The molecule has 7 heteroatoms. The summed E-state index contributed by atoms with van der Waals surface area (Å²) < 4.78 is 39.8. The molecule has 0 saturated carbocycles. The minimum Gasteiger partial charge on any atom is -0.505 e. The third kappa shape index (κ3) is 5.36. The van der Waals surface area contributed by atoms with Gasteiger partial charge in [0.1, 0.15) is 22.5 Å². The van der Waals surface area contributed by atoms with E-state index in [2.05, 4.69) is 50.9 Å². The van der Waals surface area contributed by atoms with E-state index in [1.165, 1.54) is 10.9 Å². The summed E-state index contributed by atoms with van der Waals surface area (Å²) in [5.41, 5.74) is 2.03. The maximum atomic E-state index is 13.3. The number of aromatic hydroxyl groups is 1. The molecule has 0 saturated heterocycles. The van der Waals surface area contributed by atoms with Crippen molar-refractivity contribution in [2.24, 2.45) is 0 Å². The van der Waals surface area contributed by atoms with Crippen LogP contribution in [0.4, 0.5) is 13.2 Å². The van der Waals surface area contributed by atoms with E-state index in [1.807, 2.05) is 36.4 Å². The van der Waals surface area contributed by atoms with Gasteiger partial charge < -0.3 is 5.11 Å². The largest absolute Gasteiger partial charge is 0.505 e. The lowest BCUT2D eigenvalue weighted by Crippen LogP contribution is -2.23. The first kappa shape index (κ1) is 26.7. The van der Waals surface area contributed by atoms with Crippen LogP contribution >= 0.6 is 0 Å². The van der Waals surface area contributed by atoms with Gasteiger partial charge in [-0.3, -0.25) is 0 Å². The normalized spacial score (nSPS) is 12.9. The highest BCUT2D eigenvalue weighted by molar-refractivity contribution is 5.75. The minimum absolute atomic E-state index is 0.0123. The van der Waals surface area contributed by atoms with Gasteiger partial charge in [-0.2, -0.15) is 13.2 Å². The number of phenols is 1. The Kier molecular flexibility index (Phi) is 7.10. The molecule has 196 valence electrons.